The maximum atomic E-state index is 5.59. The number of nitrogens with zero attached hydrogens (tertiary/aromatic N) is 1. The summed E-state index contributed by atoms with van der Waals surface area (Å²) in [7, 11) is 2.13. The van der Waals surface area contributed by atoms with Gasteiger partial charge in [-0.1, -0.05) is 60.2 Å². The molecule has 0 spiro atoms. The van der Waals surface area contributed by atoms with Gasteiger partial charge in [-0.05, 0) is 25.6 Å². The number of aryl methyl sites for hydroxylation is 1. The van der Waals surface area contributed by atoms with Crippen molar-refractivity contribution in [3.63, 3.8) is 0 Å². The van der Waals surface area contributed by atoms with Crippen LogP contribution in [0.15, 0.2) is 65.3 Å². The average molecular weight is 291 g/mol. The van der Waals surface area contributed by atoms with Gasteiger partial charge in [0.1, 0.15) is 5.58 Å². The van der Waals surface area contributed by atoms with Crippen LogP contribution in [0.4, 0.5) is 0 Å². The molecule has 2 heteroatoms. The molecular formula is C20H21NO. The molecule has 3 aromatic rings. The van der Waals surface area contributed by atoms with Gasteiger partial charge in [-0.15, -0.1) is 0 Å². The van der Waals surface area contributed by atoms with E-state index in [1.807, 2.05) is 6.07 Å². The minimum Gasteiger partial charge on any atom is -0.464 e. The summed E-state index contributed by atoms with van der Waals surface area (Å²) < 4.78 is 5.59. The summed E-state index contributed by atoms with van der Waals surface area (Å²) in [6.45, 7) is 3.90. The van der Waals surface area contributed by atoms with E-state index < -0.39 is 0 Å². The smallest absolute Gasteiger partial charge is 0.138 e. The van der Waals surface area contributed by atoms with Crippen molar-refractivity contribution >= 4 is 17.0 Å². The zero-order chi connectivity index (χ0) is 15.4. The summed E-state index contributed by atoms with van der Waals surface area (Å²) in [6, 6.07) is 16.9. The zero-order valence-corrected chi connectivity index (χ0v) is 13.1. The zero-order valence-electron chi connectivity index (χ0n) is 13.1. The van der Waals surface area contributed by atoms with Crippen LogP contribution in [0.1, 0.15) is 16.7 Å². The third-order valence-corrected chi connectivity index (χ3v) is 3.77. The second kappa shape index (κ2) is 6.63. The standard InChI is InChI=1S/C20H21NO/c1-16-6-3-7-17(14-16)8-5-12-21(2)15-19-10-4-9-18-11-13-22-20(18)19/h3-11,13-14H,12,15H2,1-2H3/b8-5+. The molecule has 0 N–H and O–H groups in total. The lowest BCUT2D eigenvalue weighted by Crippen LogP contribution is -2.17. The van der Waals surface area contributed by atoms with Gasteiger partial charge in [-0.25, -0.2) is 0 Å². The van der Waals surface area contributed by atoms with Crippen LogP contribution in [0.2, 0.25) is 0 Å². The van der Waals surface area contributed by atoms with Crippen molar-refractivity contribution in [2.45, 2.75) is 13.5 Å². The fourth-order valence-electron chi connectivity index (χ4n) is 2.68. The van der Waals surface area contributed by atoms with Crippen LogP contribution in [0.5, 0.6) is 0 Å². The number of hydrogen-bond donors (Lipinski definition) is 0. The Morgan fingerprint density at radius 1 is 1.09 bits per heavy atom. The largest absolute Gasteiger partial charge is 0.464 e. The molecule has 0 radical (unpaired) electrons. The molecule has 22 heavy (non-hydrogen) atoms. The molecule has 1 aromatic heterocycles. The molecule has 0 aliphatic rings. The normalized spacial score (nSPS) is 11.8. The molecule has 0 atom stereocenters. The van der Waals surface area contributed by atoms with Gasteiger partial charge in [0.05, 0.1) is 6.26 Å². The Balaban J connectivity index is 1.63. The van der Waals surface area contributed by atoms with Gasteiger partial charge < -0.3 is 4.42 Å². The van der Waals surface area contributed by atoms with E-state index >= 15 is 0 Å². The quantitative estimate of drug-likeness (QED) is 0.665. The van der Waals surface area contributed by atoms with E-state index in [0.717, 1.165) is 18.7 Å². The monoisotopic (exact) mass is 291 g/mol. The van der Waals surface area contributed by atoms with E-state index in [2.05, 4.69) is 73.5 Å². The van der Waals surface area contributed by atoms with Crippen molar-refractivity contribution in [3.8, 4) is 0 Å². The first-order valence-corrected chi connectivity index (χ1v) is 7.59. The number of likely N-dealkylation sites (N-methyl/N-ethyl adjacent to an activating group) is 1. The van der Waals surface area contributed by atoms with Gasteiger partial charge in [0.25, 0.3) is 0 Å². The first kappa shape index (κ1) is 14.6. The van der Waals surface area contributed by atoms with E-state index in [1.54, 1.807) is 6.26 Å². The second-order valence-electron chi connectivity index (χ2n) is 5.77. The van der Waals surface area contributed by atoms with Crippen LogP contribution in [0, 0.1) is 6.92 Å². The van der Waals surface area contributed by atoms with Crippen molar-refractivity contribution in [2.24, 2.45) is 0 Å². The first-order chi connectivity index (χ1) is 10.7. The van der Waals surface area contributed by atoms with Gasteiger partial charge in [0, 0.05) is 24.0 Å². The molecule has 0 saturated carbocycles. The molecule has 1 heterocycles. The lowest BCUT2D eigenvalue weighted by molar-refractivity contribution is 0.363. The molecule has 0 unspecified atom stereocenters. The summed E-state index contributed by atoms with van der Waals surface area (Å²) in [5.74, 6) is 0. The minimum absolute atomic E-state index is 0.878. The number of hydrogen-bond acceptors (Lipinski definition) is 2. The third-order valence-electron chi connectivity index (χ3n) is 3.77. The highest BCUT2D eigenvalue weighted by molar-refractivity contribution is 5.80. The molecule has 2 aromatic carbocycles. The highest BCUT2D eigenvalue weighted by Gasteiger charge is 2.05. The molecule has 0 aliphatic heterocycles. The summed E-state index contributed by atoms with van der Waals surface area (Å²) >= 11 is 0. The van der Waals surface area contributed by atoms with E-state index in [-0.39, 0.29) is 0 Å². The maximum Gasteiger partial charge on any atom is 0.138 e. The van der Waals surface area contributed by atoms with E-state index in [0.29, 0.717) is 0 Å². The molecule has 0 aliphatic carbocycles. The lowest BCUT2D eigenvalue weighted by Gasteiger charge is -2.14. The number of furan rings is 1. The fourth-order valence-corrected chi connectivity index (χ4v) is 2.68. The number of benzene rings is 2. The highest BCUT2D eigenvalue weighted by Crippen LogP contribution is 2.20. The number of para-hydroxylation sites is 1. The van der Waals surface area contributed by atoms with Crippen molar-refractivity contribution in [2.75, 3.05) is 13.6 Å². The Labute approximate surface area is 131 Å². The number of fused-ring (bicyclic) bond motifs is 1. The van der Waals surface area contributed by atoms with Crippen molar-refractivity contribution in [1.82, 2.24) is 4.90 Å². The fraction of sp³-hybridized carbons (Fsp3) is 0.200. The van der Waals surface area contributed by atoms with Crippen LogP contribution in [0.3, 0.4) is 0 Å². The van der Waals surface area contributed by atoms with Crippen LogP contribution < -0.4 is 0 Å². The molecule has 3 rings (SSSR count). The van der Waals surface area contributed by atoms with Gasteiger partial charge in [-0.3, -0.25) is 4.90 Å². The Morgan fingerprint density at radius 2 is 1.95 bits per heavy atom. The highest BCUT2D eigenvalue weighted by atomic mass is 16.3. The summed E-state index contributed by atoms with van der Waals surface area (Å²) in [5, 5.41) is 1.17. The molecule has 0 saturated heterocycles. The summed E-state index contributed by atoms with van der Waals surface area (Å²) in [6.07, 6.45) is 6.14. The van der Waals surface area contributed by atoms with Crippen LogP contribution >= 0.6 is 0 Å². The average Bonchev–Trinajstić information content (AvgIpc) is 2.97. The molecular weight excluding hydrogens is 270 g/mol. The Morgan fingerprint density at radius 3 is 2.82 bits per heavy atom. The molecule has 0 bridgehead atoms. The van der Waals surface area contributed by atoms with E-state index in [4.69, 9.17) is 4.42 Å². The molecule has 2 nitrogen and oxygen atoms in total. The van der Waals surface area contributed by atoms with E-state index in [9.17, 15) is 0 Å². The van der Waals surface area contributed by atoms with Crippen LogP contribution in [-0.4, -0.2) is 18.5 Å². The van der Waals surface area contributed by atoms with Crippen LogP contribution in [-0.2, 0) is 6.54 Å². The van der Waals surface area contributed by atoms with Gasteiger partial charge >= 0.3 is 0 Å². The molecule has 0 amide bonds. The Kier molecular flexibility index (Phi) is 4.40. The minimum atomic E-state index is 0.878. The molecule has 112 valence electrons. The van der Waals surface area contributed by atoms with Crippen molar-refractivity contribution in [1.29, 1.82) is 0 Å². The van der Waals surface area contributed by atoms with Crippen molar-refractivity contribution in [3.05, 3.63) is 77.6 Å². The topological polar surface area (TPSA) is 16.4 Å². The maximum absolute atomic E-state index is 5.59. The molecule has 0 fully saturated rings. The SMILES string of the molecule is Cc1cccc(/C=C/CN(C)Cc2cccc3ccoc23)c1. The van der Waals surface area contributed by atoms with Crippen molar-refractivity contribution < 1.29 is 4.42 Å². The predicted molar refractivity (Wildman–Crippen MR) is 92.8 cm³/mol. The summed E-state index contributed by atoms with van der Waals surface area (Å²) in [5.41, 5.74) is 4.77. The van der Waals surface area contributed by atoms with Gasteiger partial charge in [-0.2, -0.15) is 0 Å². The second-order valence-corrected chi connectivity index (χ2v) is 5.77. The van der Waals surface area contributed by atoms with E-state index in [1.165, 1.54) is 22.1 Å². The number of rotatable bonds is 5. The Hall–Kier alpha value is -2.32. The lowest BCUT2D eigenvalue weighted by atomic mass is 10.1. The Bertz CT molecular complexity index is 785. The first-order valence-electron chi connectivity index (χ1n) is 7.59. The third kappa shape index (κ3) is 3.46. The van der Waals surface area contributed by atoms with Gasteiger partial charge in [0.2, 0.25) is 0 Å². The predicted octanol–water partition coefficient (Wildman–Crippen LogP) is 4.89. The van der Waals surface area contributed by atoms with Gasteiger partial charge in [0.15, 0.2) is 0 Å². The summed E-state index contributed by atoms with van der Waals surface area (Å²) in [4.78, 5) is 2.28. The van der Waals surface area contributed by atoms with Crippen LogP contribution in [0.25, 0.3) is 17.0 Å².